The zero-order valence-electron chi connectivity index (χ0n) is 4.92. The normalized spacial score (nSPS) is 8.44. The number of hydrogen-bond donors (Lipinski definition) is 0. The maximum atomic E-state index is 8.10. The van der Waals surface area contributed by atoms with Crippen molar-refractivity contribution >= 4 is 11.3 Å². The average Bonchev–Trinajstić information content (AvgIpc) is 2.18. The summed E-state index contributed by atoms with van der Waals surface area (Å²) in [5.41, 5.74) is 1.02. The predicted molar refractivity (Wildman–Crippen MR) is 35.3 cm³/mol. The van der Waals surface area contributed by atoms with Gasteiger partial charge < -0.3 is 4.74 Å². The molecular formula is C6H5NOS. The second-order valence-corrected chi connectivity index (χ2v) is 2.46. The Morgan fingerprint density at radius 1 is 1.78 bits per heavy atom. The van der Waals surface area contributed by atoms with Crippen LogP contribution in [-0.2, 0) is 0 Å². The maximum absolute atomic E-state index is 8.10. The zero-order valence-corrected chi connectivity index (χ0v) is 5.73. The van der Waals surface area contributed by atoms with Gasteiger partial charge in [0.15, 0.2) is 5.06 Å². The van der Waals surface area contributed by atoms with E-state index in [0.717, 1.165) is 5.56 Å². The fourth-order valence-electron chi connectivity index (χ4n) is 0.505. The molecule has 0 aliphatic heterocycles. The molecule has 0 bridgehead atoms. The van der Waals surface area contributed by atoms with Crippen molar-refractivity contribution in [1.82, 2.24) is 0 Å². The van der Waals surface area contributed by atoms with E-state index < -0.39 is 0 Å². The minimum absolute atomic E-state index is 0.692. The van der Waals surface area contributed by atoms with Crippen molar-refractivity contribution in [3.05, 3.63) is 17.0 Å². The summed E-state index contributed by atoms with van der Waals surface area (Å²) < 4.78 is 4.60. The van der Waals surface area contributed by atoms with Crippen LogP contribution in [0.15, 0.2) is 11.4 Å². The number of aryl methyl sites for hydroxylation is 1. The van der Waals surface area contributed by atoms with Gasteiger partial charge in [-0.2, -0.15) is 0 Å². The molecular weight excluding hydrogens is 134 g/mol. The van der Waals surface area contributed by atoms with Crippen molar-refractivity contribution in [1.29, 1.82) is 5.26 Å². The molecule has 1 rings (SSSR count). The molecule has 0 saturated carbocycles. The van der Waals surface area contributed by atoms with E-state index in [4.69, 9.17) is 5.26 Å². The van der Waals surface area contributed by atoms with Crippen molar-refractivity contribution in [3.63, 3.8) is 0 Å². The smallest absolute Gasteiger partial charge is 0.293 e. The van der Waals surface area contributed by atoms with Gasteiger partial charge in [0.2, 0.25) is 0 Å². The van der Waals surface area contributed by atoms with Crippen LogP contribution in [0.1, 0.15) is 5.56 Å². The van der Waals surface area contributed by atoms with Crippen molar-refractivity contribution < 1.29 is 4.74 Å². The van der Waals surface area contributed by atoms with Gasteiger partial charge in [-0.1, -0.05) is 0 Å². The molecule has 0 N–H and O–H groups in total. The van der Waals surface area contributed by atoms with E-state index in [1.807, 2.05) is 18.4 Å². The Hall–Kier alpha value is -1.01. The SMILES string of the molecule is Cc1ccsc1OC#N. The summed E-state index contributed by atoms with van der Waals surface area (Å²) >= 11 is 1.43. The highest BCUT2D eigenvalue weighted by Gasteiger charge is 1.97. The van der Waals surface area contributed by atoms with Crippen LogP contribution in [0.2, 0.25) is 0 Å². The van der Waals surface area contributed by atoms with Crippen LogP contribution in [-0.4, -0.2) is 0 Å². The molecule has 0 aromatic carbocycles. The Bertz CT molecular complexity index is 235. The van der Waals surface area contributed by atoms with Crippen LogP contribution < -0.4 is 4.74 Å². The Balaban J connectivity index is 2.84. The van der Waals surface area contributed by atoms with Gasteiger partial charge in [-0.3, -0.25) is 0 Å². The summed E-state index contributed by atoms with van der Waals surface area (Å²) in [7, 11) is 0. The molecule has 2 nitrogen and oxygen atoms in total. The number of nitrogens with zero attached hydrogens (tertiary/aromatic N) is 1. The predicted octanol–water partition coefficient (Wildman–Crippen LogP) is 1.92. The van der Waals surface area contributed by atoms with Crippen LogP contribution in [0.3, 0.4) is 0 Å². The summed E-state index contributed by atoms with van der Waals surface area (Å²) in [6.07, 6.45) is 1.62. The Labute approximate surface area is 57.3 Å². The largest absolute Gasteiger partial charge is 0.377 e. The van der Waals surface area contributed by atoms with Crippen molar-refractivity contribution in [2.45, 2.75) is 6.92 Å². The number of thiophene rings is 1. The molecule has 0 amide bonds. The molecule has 46 valence electrons. The summed E-state index contributed by atoms with van der Waals surface area (Å²) in [4.78, 5) is 0. The molecule has 1 heterocycles. The Kier molecular flexibility index (Phi) is 1.71. The lowest BCUT2D eigenvalue weighted by Crippen LogP contribution is -1.77. The zero-order chi connectivity index (χ0) is 6.69. The number of nitriles is 1. The monoisotopic (exact) mass is 139 g/mol. The lowest BCUT2D eigenvalue weighted by Gasteiger charge is -1.87. The van der Waals surface area contributed by atoms with Crippen molar-refractivity contribution in [2.75, 3.05) is 0 Å². The fourth-order valence-corrected chi connectivity index (χ4v) is 1.24. The number of ether oxygens (including phenoxy) is 1. The van der Waals surface area contributed by atoms with E-state index >= 15 is 0 Å². The third kappa shape index (κ3) is 1.21. The van der Waals surface area contributed by atoms with Crippen LogP contribution in [0.4, 0.5) is 0 Å². The third-order valence-electron chi connectivity index (χ3n) is 0.953. The van der Waals surface area contributed by atoms with Crippen molar-refractivity contribution in [3.8, 4) is 11.3 Å². The van der Waals surface area contributed by atoms with Gasteiger partial charge in [0.05, 0.1) is 0 Å². The van der Waals surface area contributed by atoms with Gasteiger partial charge in [0.1, 0.15) is 0 Å². The lowest BCUT2D eigenvalue weighted by molar-refractivity contribution is 0.518. The van der Waals surface area contributed by atoms with Gasteiger partial charge in [-0.05, 0) is 18.4 Å². The number of rotatable bonds is 1. The summed E-state index contributed by atoms with van der Waals surface area (Å²) in [6.45, 7) is 1.91. The van der Waals surface area contributed by atoms with Crippen LogP contribution in [0.25, 0.3) is 0 Å². The molecule has 0 unspecified atom stereocenters. The first-order valence-corrected chi connectivity index (χ1v) is 3.32. The van der Waals surface area contributed by atoms with Crippen LogP contribution >= 0.6 is 11.3 Å². The third-order valence-corrected chi connectivity index (χ3v) is 1.84. The molecule has 9 heavy (non-hydrogen) atoms. The molecule has 0 atom stereocenters. The molecule has 3 heteroatoms. The van der Waals surface area contributed by atoms with E-state index in [1.54, 1.807) is 6.26 Å². The van der Waals surface area contributed by atoms with Crippen molar-refractivity contribution in [2.24, 2.45) is 0 Å². The van der Waals surface area contributed by atoms with Crippen LogP contribution in [0, 0.1) is 18.4 Å². The highest BCUT2D eigenvalue weighted by Crippen LogP contribution is 2.23. The fraction of sp³-hybridized carbons (Fsp3) is 0.167. The first-order valence-electron chi connectivity index (χ1n) is 2.44. The minimum atomic E-state index is 0.692. The summed E-state index contributed by atoms with van der Waals surface area (Å²) in [5, 5.41) is 10.7. The Morgan fingerprint density at radius 3 is 3.00 bits per heavy atom. The highest BCUT2D eigenvalue weighted by molar-refractivity contribution is 7.12. The van der Waals surface area contributed by atoms with Gasteiger partial charge in [-0.15, -0.1) is 16.6 Å². The van der Waals surface area contributed by atoms with Gasteiger partial charge in [0, 0.05) is 5.56 Å². The quantitative estimate of drug-likeness (QED) is 0.557. The lowest BCUT2D eigenvalue weighted by atomic mass is 10.4. The molecule has 0 saturated heterocycles. The second-order valence-electron chi connectivity index (χ2n) is 1.58. The molecule has 0 aliphatic rings. The van der Waals surface area contributed by atoms with Gasteiger partial charge in [0.25, 0.3) is 6.26 Å². The summed E-state index contributed by atoms with van der Waals surface area (Å²) in [6, 6.07) is 1.91. The Morgan fingerprint density at radius 2 is 2.56 bits per heavy atom. The standard InChI is InChI=1S/C6H5NOS/c1-5-2-3-9-6(5)8-4-7/h2-3H,1H3. The van der Waals surface area contributed by atoms with Gasteiger partial charge >= 0.3 is 0 Å². The van der Waals surface area contributed by atoms with E-state index in [1.165, 1.54) is 11.3 Å². The maximum Gasteiger partial charge on any atom is 0.293 e. The molecule has 0 fully saturated rings. The summed E-state index contributed by atoms with van der Waals surface area (Å²) in [5.74, 6) is 0. The topological polar surface area (TPSA) is 33.0 Å². The van der Waals surface area contributed by atoms with Gasteiger partial charge in [-0.25, -0.2) is 0 Å². The number of hydrogen-bond acceptors (Lipinski definition) is 3. The molecule has 1 aromatic heterocycles. The average molecular weight is 139 g/mol. The molecule has 1 aromatic rings. The van der Waals surface area contributed by atoms with Crippen LogP contribution in [0.5, 0.6) is 5.06 Å². The van der Waals surface area contributed by atoms with E-state index in [0.29, 0.717) is 5.06 Å². The molecule has 0 spiro atoms. The first-order chi connectivity index (χ1) is 4.34. The minimum Gasteiger partial charge on any atom is -0.377 e. The first kappa shape index (κ1) is 6.12. The second kappa shape index (κ2) is 2.51. The molecule has 0 aliphatic carbocycles. The van der Waals surface area contributed by atoms with E-state index in [-0.39, 0.29) is 0 Å². The van der Waals surface area contributed by atoms with E-state index in [9.17, 15) is 0 Å². The van der Waals surface area contributed by atoms with E-state index in [2.05, 4.69) is 4.74 Å². The molecule has 0 radical (unpaired) electrons. The highest BCUT2D eigenvalue weighted by atomic mass is 32.1.